The van der Waals surface area contributed by atoms with Crippen molar-refractivity contribution in [3.63, 3.8) is 0 Å². The third-order valence-electron chi connectivity index (χ3n) is 2.78. The number of hydrogen-bond acceptors (Lipinski definition) is 1. The molecule has 0 aliphatic carbocycles. The average Bonchev–Trinajstić information content (AvgIpc) is 2.21. The zero-order valence-electron chi connectivity index (χ0n) is 10.5. The number of piperidine rings is 1. The van der Waals surface area contributed by atoms with Crippen molar-refractivity contribution in [1.82, 2.24) is 4.90 Å². The molecule has 0 spiro atoms. The van der Waals surface area contributed by atoms with Crippen LogP contribution < -0.4 is 0 Å². The van der Waals surface area contributed by atoms with Crippen LogP contribution in [0.25, 0.3) is 0 Å². The van der Waals surface area contributed by atoms with E-state index in [-0.39, 0.29) is 0 Å². The molecule has 0 amide bonds. The molecule has 1 fully saturated rings. The van der Waals surface area contributed by atoms with Crippen LogP contribution in [0.15, 0.2) is 0 Å². The Balaban J connectivity index is 0.000000791. The van der Waals surface area contributed by atoms with Gasteiger partial charge in [0, 0.05) is 11.3 Å². The van der Waals surface area contributed by atoms with Crippen molar-refractivity contribution in [3.05, 3.63) is 0 Å². The van der Waals surface area contributed by atoms with Crippen molar-refractivity contribution < 1.29 is 0 Å². The summed E-state index contributed by atoms with van der Waals surface area (Å²) in [5, 5.41) is 0.903. The molecule has 1 atom stereocenters. The Labute approximate surface area is 92.8 Å². The summed E-state index contributed by atoms with van der Waals surface area (Å²) in [6.07, 6.45) is 5.00. The van der Waals surface area contributed by atoms with E-state index in [0.29, 0.717) is 10.5 Å². The molecular formula is C12H27NS. The van der Waals surface area contributed by atoms with Crippen LogP contribution in [-0.2, 0) is 0 Å². The van der Waals surface area contributed by atoms with Gasteiger partial charge in [-0.25, -0.2) is 0 Å². The maximum absolute atomic E-state index is 4.14. The molecule has 1 saturated heterocycles. The van der Waals surface area contributed by atoms with Crippen LogP contribution in [0.3, 0.4) is 0 Å². The largest absolute Gasteiger partial charge is 0.301 e. The Morgan fingerprint density at radius 1 is 1.21 bits per heavy atom. The lowest BCUT2D eigenvalue weighted by Gasteiger charge is -2.35. The van der Waals surface area contributed by atoms with E-state index in [9.17, 15) is 0 Å². The lowest BCUT2D eigenvalue weighted by atomic mass is 10.1. The van der Waals surface area contributed by atoms with Gasteiger partial charge in [-0.05, 0) is 46.0 Å². The zero-order valence-corrected chi connectivity index (χ0v) is 11.4. The molecule has 0 N–H and O–H groups in total. The van der Waals surface area contributed by atoms with E-state index in [2.05, 4.69) is 30.9 Å². The van der Waals surface area contributed by atoms with E-state index in [0.717, 1.165) is 11.3 Å². The van der Waals surface area contributed by atoms with E-state index < -0.39 is 0 Å². The van der Waals surface area contributed by atoms with Gasteiger partial charge in [-0.2, -0.15) is 10.5 Å². The smallest absolute Gasteiger partial charge is 0.00386 e. The number of rotatable bonds is 2. The number of hydrogen-bond donors (Lipinski definition) is 0. The van der Waals surface area contributed by atoms with Gasteiger partial charge in [-0.3, -0.25) is 0 Å². The minimum Gasteiger partial charge on any atom is -0.301 e. The van der Waals surface area contributed by atoms with Crippen molar-refractivity contribution in [3.8, 4) is 0 Å². The van der Waals surface area contributed by atoms with Crippen molar-refractivity contribution in [2.24, 2.45) is 0 Å². The summed E-state index contributed by atoms with van der Waals surface area (Å²) >= 11 is 0. The second kappa shape index (κ2) is 7.47. The minimum absolute atomic E-state index is 0.393. The highest BCUT2D eigenvalue weighted by molar-refractivity contribution is 8.14. The van der Waals surface area contributed by atoms with Crippen LogP contribution in [0.2, 0.25) is 0 Å². The highest BCUT2D eigenvalue weighted by Crippen LogP contribution is 2.25. The van der Waals surface area contributed by atoms with Crippen LogP contribution in [-0.4, -0.2) is 41.4 Å². The fourth-order valence-corrected chi connectivity index (χ4v) is 2.81. The average molecular weight is 217 g/mol. The van der Waals surface area contributed by atoms with E-state index in [1.807, 2.05) is 13.8 Å². The topological polar surface area (TPSA) is 3.24 Å². The van der Waals surface area contributed by atoms with Gasteiger partial charge in [0.15, 0.2) is 0 Å². The quantitative estimate of drug-likeness (QED) is 0.642. The second-order valence-electron chi connectivity index (χ2n) is 4.02. The Kier molecular flexibility index (Phi) is 7.56. The van der Waals surface area contributed by atoms with Gasteiger partial charge in [0.05, 0.1) is 0 Å². The van der Waals surface area contributed by atoms with Crippen molar-refractivity contribution in [1.29, 1.82) is 0 Å². The number of nitrogens with zero attached hydrogens (tertiary/aromatic N) is 1. The molecule has 14 heavy (non-hydrogen) atoms. The summed E-state index contributed by atoms with van der Waals surface area (Å²) in [7, 11) is 0.393. The molecule has 0 bridgehead atoms. The molecule has 1 unspecified atom stereocenters. The first kappa shape index (κ1) is 14.2. The van der Waals surface area contributed by atoms with Crippen molar-refractivity contribution in [2.75, 3.05) is 19.3 Å². The highest BCUT2D eigenvalue weighted by atomic mass is 32.2. The van der Waals surface area contributed by atoms with Crippen LogP contribution in [0.1, 0.15) is 40.5 Å². The summed E-state index contributed by atoms with van der Waals surface area (Å²) in [5.41, 5.74) is 0. The first-order valence-corrected chi connectivity index (χ1v) is 7.66. The maximum Gasteiger partial charge on any atom is 0.00386 e. The monoisotopic (exact) mass is 217 g/mol. The Morgan fingerprint density at radius 3 is 1.93 bits per heavy atom. The fraction of sp³-hybridized carbons (Fsp3) is 0.917. The molecule has 0 radical (unpaired) electrons. The van der Waals surface area contributed by atoms with Gasteiger partial charge in [0.25, 0.3) is 0 Å². The molecule has 1 nitrogen and oxygen atoms in total. The molecule has 1 aliphatic heterocycles. The van der Waals surface area contributed by atoms with E-state index in [1.54, 1.807) is 0 Å². The summed E-state index contributed by atoms with van der Waals surface area (Å²) in [6.45, 7) is 11.1. The molecule has 2 heteroatoms. The SMILES string of the molecule is C=S(C)C1CCN(C(C)C)CC1.CC. The van der Waals surface area contributed by atoms with Crippen LogP contribution in [0, 0.1) is 0 Å². The summed E-state index contributed by atoms with van der Waals surface area (Å²) < 4.78 is 0. The van der Waals surface area contributed by atoms with Gasteiger partial charge in [0.2, 0.25) is 0 Å². The summed E-state index contributed by atoms with van der Waals surface area (Å²) in [4.78, 5) is 2.57. The zero-order chi connectivity index (χ0) is 11.1. The fourth-order valence-electron chi connectivity index (χ4n) is 1.79. The molecule has 0 aromatic rings. The summed E-state index contributed by atoms with van der Waals surface area (Å²) in [5.74, 6) is 4.14. The van der Waals surface area contributed by atoms with Gasteiger partial charge < -0.3 is 4.90 Å². The minimum atomic E-state index is 0.393. The molecule has 0 aromatic heterocycles. The molecular weight excluding hydrogens is 190 g/mol. The van der Waals surface area contributed by atoms with Gasteiger partial charge in [0.1, 0.15) is 0 Å². The van der Waals surface area contributed by atoms with Crippen LogP contribution in [0.4, 0.5) is 0 Å². The molecule has 1 rings (SSSR count). The molecule has 0 aromatic carbocycles. The third kappa shape index (κ3) is 4.61. The molecule has 86 valence electrons. The van der Waals surface area contributed by atoms with Crippen molar-refractivity contribution in [2.45, 2.75) is 51.8 Å². The Hall–Kier alpha value is 0.180. The van der Waals surface area contributed by atoms with E-state index >= 15 is 0 Å². The third-order valence-corrected chi connectivity index (χ3v) is 4.39. The highest BCUT2D eigenvalue weighted by Gasteiger charge is 2.20. The van der Waals surface area contributed by atoms with Crippen LogP contribution in [0.5, 0.6) is 0 Å². The predicted octanol–water partition coefficient (Wildman–Crippen LogP) is 3.22. The molecule has 0 saturated carbocycles. The first-order valence-electron chi connectivity index (χ1n) is 5.79. The molecule has 1 heterocycles. The van der Waals surface area contributed by atoms with Gasteiger partial charge in [-0.1, -0.05) is 19.7 Å². The second-order valence-corrected chi connectivity index (χ2v) is 6.07. The number of likely N-dealkylation sites (tertiary alicyclic amines) is 1. The standard InChI is InChI=1S/C10H21NS.C2H6/c1-9(2)11-7-5-10(6-8-11)12(3)4;1-2/h9-10H,3,5-8H2,1-2,4H3;1-2H3. The van der Waals surface area contributed by atoms with Gasteiger partial charge in [-0.15, -0.1) is 0 Å². The van der Waals surface area contributed by atoms with E-state index in [4.69, 9.17) is 0 Å². The Morgan fingerprint density at radius 2 is 1.64 bits per heavy atom. The van der Waals surface area contributed by atoms with E-state index in [1.165, 1.54) is 25.9 Å². The van der Waals surface area contributed by atoms with Gasteiger partial charge >= 0.3 is 0 Å². The van der Waals surface area contributed by atoms with Crippen molar-refractivity contribution >= 4 is 16.4 Å². The Bertz CT molecular complexity index is 158. The molecule has 1 aliphatic rings. The normalized spacial score (nSPS) is 21.6. The van der Waals surface area contributed by atoms with Crippen LogP contribution >= 0.6 is 10.5 Å². The predicted molar refractivity (Wildman–Crippen MR) is 71.7 cm³/mol. The maximum atomic E-state index is 4.14. The summed E-state index contributed by atoms with van der Waals surface area (Å²) in [6, 6.07) is 0.731. The first-order chi connectivity index (χ1) is 6.61. The lowest BCUT2D eigenvalue weighted by Crippen LogP contribution is -2.39. The lowest BCUT2D eigenvalue weighted by molar-refractivity contribution is 0.188.